The number of fused-ring (bicyclic) bond motifs is 5. The van der Waals surface area contributed by atoms with E-state index in [9.17, 15) is 14.7 Å². The average molecular weight is 412 g/mol. The lowest BCUT2D eigenvalue weighted by molar-refractivity contribution is 0.0695. The fourth-order valence-corrected chi connectivity index (χ4v) is 5.65. The number of thioether (sulfide) groups is 1. The summed E-state index contributed by atoms with van der Waals surface area (Å²) in [7, 11) is 0. The van der Waals surface area contributed by atoms with Gasteiger partial charge in [0.1, 0.15) is 11.4 Å². The second-order valence-corrected chi connectivity index (χ2v) is 8.30. The number of hydrogen-bond donors (Lipinski definition) is 2. The van der Waals surface area contributed by atoms with E-state index in [1.165, 1.54) is 24.0 Å². The molecule has 0 bridgehead atoms. The number of halogens is 2. The summed E-state index contributed by atoms with van der Waals surface area (Å²) in [5.41, 5.74) is 6.44. The number of hydrogen-bond acceptors (Lipinski definition) is 5. The summed E-state index contributed by atoms with van der Waals surface area (Å²) in [5.74, 6) is -1.00. The van der Waals surface area contributed by atoms with Gasteiger partial charge in [-0.2, -0.15) is 0 Å². The lowest BCUT2D eigenvalue weighted by atomic mass is 10.1. The molecule has 2 aliphatic heterocycles. The molecule has 3 aliphatic rings. The predicted molar refractivity (Wildman–Crippen MR) is 105 cm³/mol. The molecule has 0 radical (unpaired) electrons. The minimum Gasteiger partial charge on any atom is -0.477 e. The molecule has 9 heteroatoms. The average Bonchev–Trinajstić information content (AvgIpc) is 3.38. The van der Waals surface area contributed by atoms with E-state index in [-0.39, 0.29) is 41.5 Å². The Morgan fingerprint density at radius 3 is 2.74 bits per heavy atom. The quantitative estimate of drug-likeness (QED) is 0.789. The lowest BCUT2D eigenvalue weighted by Crippen LogP contribution is -2.44. The van der Waals surface area contributed by atoms with Gasteiger partial charge >= 0.3 is 5.97 Å². The number of carboxylic acids is 1. The van der Waals surface area contributed by atoms with Crippen molar-refractivity contribution in [1.82, 2.24) is 4.57 Å². The topological polar surface area (TPSA) is 88.6 Å². The zero-order chi connectivity index (χ0) is 18.2. The highest BCUT2D eigenvalue weighted by molar-refractivity contribution is 7.99. The van der Waals surface area contributed by atoms with E-state index in [4.69, 9.17) is 5.73 Å². The first-order valence-corrected chi connectivity index (χ1v) is 9.75. The Labute approximate surface area is 164 Å². The molecule has 144 valence electrons. The minimum absolute atomic E-state index is 0. The second kappa shape index (κ2) is 6.39. The van der Waals surface area contributed by atoms with Crippen molar-refractivity contribution in [2.24, 2.45) is 5.73 Å². The molecule has 0 spiro atoms. The van der Waals surface area contributed by atoms with E-state index < -0.39 is 17.2 Å². The summed E-state index contributed by atoms with van der Waals surface area (Å²) in [6.45, 7) is 0.697. The van der Waals surface area contributed by atoms with Crippen molar-refractivity contribution >= 4 is 46.7 Å². The standard InChI is InChI=1S/C18H18FN3O3S.ClH/c19-11-5-9-14(17-15(11)21-4-3-12(20)13(21)7-26-17)22(8-1-2-8)6-10(16(9)23)18(24)25;/h5-6,8,12-13H,1-4,7,20H2,(H,24,25);1H/t12-,13-;/m1./s1. The van der Waals surface area contributed by atoms with E-state index in [2.05, 4.69) is 0 Å². The van der Waals surface area contributed by atoms with Gasteiger partial charge in [0, 0.05) is 30.6 Å². The summed E-state index contributed by atoms with van der Waals surface area (Å²) >= 11 is 1.53. The van der Waals surface area contributed by atoms with Crippen LogP contribution in [0.2, 0.25) is 0 Å². The van der Waals surface area contributed by atoms with Crippen LogP contribution in [-0.2, 0) is 0 Å². The fourth-order valence-electron chi connectivity index (χ4n) is 4.18. The molecule has 2 atom stereocenters. The van der Waals surface area contributed by atoms with E-state index in [1.807, 2.05) is 9.47 Å². The summed E-state index contributed by atoms with van der Waals surface area (Å²) < 4.78 is 16.9. The van der Waals surface area contributed by atoms with Crippen molar-refractivity contribution in [3.8, 4) is 0 Å². The number of aromatic carboxylic acids is 1. The number of anilines is 1. The molecule has 3 heterocycles. The van der Waals surface area contributed by atoms with Crippen molar-refractivity contribution in [2.75, 3.05) is 17.2 Å². The molecular formula is C18H19ClFN3O3S. The van der Waals surface area contributed by atoms with Gasteiger partial charge in [0.2, 0.25) is 5.43 Å². The third-order valence-corrected chi connectivity index (χ3v) is 6.84. The van der Waals surface area contributed by atoms with Gasteiger partial charge < -0.3 is 20.3 Å². The van der Waals surface area contributed by atoms with Gasteiger partial charge in [-0.1, -0.05) is 0 Å². The lowest BCUT2D eigenvalue weighted by Gasteiger charge is -2.35. The van der Waals surface area contributed by atoms with Crippen molar-refractivity contribution in [1.29, 1.82) is 0 Å². The van der Waals surface area contributed by atoms with Crippen LogP contribution in [0.5, 0.6) is 0 Å². The Morgan fingerprint density at radius 2 is 2.07 bits per heavy atom. The van der Waals surface area contributed by atoms with Crippen LogP contribution < -0.4 is 16.1 Å². The molecule has 0 unspecified atom stereocenters. The van der Waals surface area contributed by atoms with Crippen molar-refractivity contribution in [3.05, 3.63) is 33.9 Å². The molecule has 1 saturated heterocycles. The zero-order valence-corrected chi connectivity index (χ0v) is 16.0. The smallest absolute Gasteiger partial charge is 0.341 e. The van der Waals surface area contributed by atoms with Gasteiger partial charge in [-0.05, 0) is 25.3 Å². The maximum Gasteiger partial charge on any atom is 0.341 e. The number of benzene rings is 1. The molecule has 2 fully saturated rings. The van der Waals surface area contributed by atoms with Gasteiger partial charge in [0.05, 0.1) is 27.5 Å². The van der Waals surface area contributed by atoms with Crippen LogP contribution in [0.3, 0.4) is 0 Å². The van der Waals surface area contributed by atoms with Gasteiger partial charge in [-0.3, -0.25) is 4.79 Å². The van der Waals surface area contributed by atoms with Crippen LogP contribution in [0, 0.1) is 5.82 Å². The number of carbonyl (C=O) groups is 1. The summed E-state index contributed by atoms with van der Waals surface area (Å²) in [5, 5.41) is 9.53. The SMILES string of the molecule is Cl.N[C@@H]1CCN2c3c(F)cc4c(=O)c(C(=O)O)cn(C5CC5)c4c3SC[C@H]12. The molecule has 5 rings (SSSR count). The molecule has 1 saturated carbocycles. The fraction of sp³-hybridized carbons (Fsp3) is 0.444. The van der Waals surface area contributed by atoms with E-state index in [0.717, 1.165) is 29.9 Å². The first-order chi connectivity index (χ1) is 12.5. The summed E-state index contributed by atoms with van der Waals surface area (Å²) in [6.07, 6.45) is 4.12. The van der Waals surface area contributed by atoms with Crippen LogP contribution in [-0.4, -0.2) is 40.0 Å². The number of aromatic nitrogens is 1. The van der Waals surface area contributed by atoms with E-state index >= 15 is 4.39 Å². The van der Waals surface area contributed by atoms with Crippen LogP contribution in [0.1, 0.15) is 35.7 Å². The maximum absolute atomic E-state index is 15.0. The molecule has 2 aromatic rings. The summed E-state index contributed by atoms with van der Waals surface area (Å²) in [4.78, 5) is 26.9. The number of nitrogens with zero attached hydrogens (tertiary/aromatic N) is 2. The Kier molecular flexibility index (Phi) is 4.40. The van der Waals surface area contributed by atoms with E-state index in [0.29, 0.717) is 17.7 Å². The van der Waals surface area contributed by atoms with Crippen LogP contribution in [0.25, 0.3) is 10.9 Å². The third-order valence-electron chi connectivity index (χ3n) is 5.65. The number of rotatable bonds is 2. The second-order valence-electron chi connectivity index (χ2n) is 7.27. The monoisotopic (exact) mass is 411 g/mol. The molecule has 0 amide bonds. The zero-order valence-electron chi connectivity index (χ0n) is 14.4. The number of carboxylic acid groups (broad SMARTS) is 1. The largest absolute Gasteiger partial charge is 0.477 e. The molecule has 3 N–H and O–H groups in total. The van der Waals surface area contributed by atoms with Crippen LogP contribution in [0.15, 0.2) is 22.0 Å². The van der Waals surface area contributed by atoms with Crippen LogP contribution >= 0.6 is 24.2 Å². The number of pyridine rings is 1. The van der Waals surface area contributed by atoms with E-state index in [1.54, 1.807) is 0 Å². The molecule has 1 aliphatic carbocycles. The molecule has 27 heavy (non-hydrogen) atoms. The molecule has 6 nitrogen and oxygen atoms in total. The minimum atomic E-state index is -1.28. The van der Waals surface area contributed by atoms with Crippen molar-refractivity contribution < 1.29 is 14.3 Å². The first kappa shape index (κ1) is 18.6. The number of nitrogens with two attached hydrogens (primary N) is 1. The Bertz CT molecular complexity index is 1020. The molecule has 1 aromatic carbocycles. The van der Waals surface area contributed by atoms with Gasteiger partial charge in [-0.15, -0.1) is 24.2 Å². The highest BCUT2D eigenvalue weighted by atomic mass is 35.5. The Hall–Kier alpha value is -1.77. The predicted octanol–water partition coefficient (Wildman–Crippen LogP) is 2.61. The van der Waals surface area contributed by atoms with Gasteiger partial charge in [-0.25, -0.2) is 9.18 Å². The summed E-state index contributed by atoms with van der Waals surface area (Å²) in [6, 6.07) is 1.50. The highest BCUT2D eigenvalue weighted by Crippen LogP contribution is 2.48. The maximum atomic E-state index is 15.0. The molecular weight excluding hydrogens is 393 g/mol. The van der Waals surface area contributed by atoms with Crippen molar-refractivity contribution in [2.45, 2.75) is 42.3 Å². The van der Waals surface area contributed by atoms with Crippen LogP contribution in [0.4, 0.5) is 10.1 Å². The van der Waals surface area contributed by atoms with Crippen molar-refractivity contribution in [3.63, 3.8) is 0 Å². The Balaban J connectivity index is 0.00000180. The normalized spacial score (nSPS) is 23.7. The Morgan fingerprint density at radius 1 is 1.33 bits per heavy atom. The van der Waals surface area contributed by atoms with Gasteiger partial charge in [0.15, 0.2) is 0 Å². The first-order valence-electron chi connectivity index (χ1n) is 8.77. The third kappa shape index (κ3) is 2.65. The van der Waals surface area contributed by atoms with Gasteiger partial charge in [0.25, 0.3) is 0 Å². The molecule has 1 aromatic heterocycles. The highest BCUT2D eigenvalue weighted by Gasteiger charge is 2.40.